The first kappa shape index (κ1) is 14.8. The molecular formula is C14H17Cl2NO2. The Kier molecular flexibility index (Phi) is 4.51. The first-order valence-corrected chi connectivity index (χ1v) is 7.02. The second kappa shape index (κ2) is 5.80. The summed E-state index contributed by atoms with van der Waals surface area (Å²) in [6.07, 6.45) is 0. The summed E-state index contributed by atoms with van der Waals surface area (Å²) >= 11 is 12.1. The van der Waals surface area contributed by atoms with Gasteiger partial charge in [-0.3, -0.25) is 9.69 Å². The molecule has 0 unspecified atom stereocenters. The number of ketones is 1. The monoisotopic (exact) mass is 301 g/mol. The van der Waals surface area contributed by atoms with Gasteiger partial charge in [0.2, 0.25) is 0 Å². The minimum Gasteiger partial charge on any atom is -0.379 e. The number of nitrogens with zero attached hydrogens (tertiary/aromatic N) is 1. The van der Waals surface area contributed by atoms with Crippen molar-refractivity contribution in [2.75, 3.05) is 26.3 Å². The second-order valence-electron chi connectivity index (χ2n) is 5.09. The molecule has 0 saturated carbocycles. The molecule has 1 aromatic rings. The lowest BCUT2D eigenvalue weighted by atomic mass is 9.91. The summed E-state index contributed by atoms with van der Waals surface area (Å²) < 4.78 is 5.32. The van der Waals surface area contributed by atoms with Crippen LogP contribution in [-0.4, -0.2) is 42.5 Å². The maximum atomic E-state index is 12.7. The average molecular weight is 302 g/mol. The van der Waals surface area contributed by atoms with Crippen molar-refractivity contribution in [1.82, 2.24) is 4.90 Å². The molecule has 0 atom stereocenters. The summed E-state index contributed by atoms with van der Waals surface area (Å²) in [6, 6.07) is 5.15. The van der Waals surface area contributed by atoms with E-state index in [2.05, 4.69) is 4.90 Å². The van der Waals surface area contributed by atoms with Crippen LogP contribution < -0.4 is 0 Å². The van der Waals surface area contributed by atoms with Gasteiger partial charge >= 0.3 is 0 Å². The zero-order valence-electron chi connectivity index (χ0n) is 11.1. The van der Waals surface area contributed by atoms with Crippen LogP contribution in [0.5, 0.6) is 0 Å². The number of halogens is 2. The zero-order valence-corrected chi connectivity index (χ0v) is 12.6. The lowest BCUT2D eigenvalue weighted by molar-refractivity contribution is -0.00429. The molecule has 0 aliphatic carbocycles. The van der Waals surface area contributed by atoms with Crippen LogP contribution in [0.15, 0.2) is 18.2 Å². The fourth-order valence-electron chi connectivity index (χ4n) is 2.27. The van der Waals surface area contributed by atoms with E-state index >= 15 is 0 Å². The Morgan fingerprint density at radius 2 is 1.89 bits per heavy atom. The zero-order chi connectivity index (χ0) is 14.0. The normalized spacial score (nSPS) is 17.5. The molecule has 5 heteroatoms. The lowest BCUT2D eigenvalue weighted by Gasteiger charge is -2.39. The number of carbonyl (C=O) groups is 1. The van der Waals surface area contributed by atoms with Crippen molar-refractivity contribution >= 4 is 29.0 Å². The SMILES string of the molecule is CC(C)(C(=O)c1cccc(Cl)c1Cl)N1CCOCC1. The molecular weight excluding hydrogens is 285 g/mol. The molecule has 0 spiro atoms. The topological polar surface area (TPSA) is 29.5 Å². The fraction of sp³-hybridized carbons (Fsp3) is 0.500. The van der Waals surface area contributed by atoms with Gasteiger partial charge in [-0.15, -0.1) is 0 Å². The highest BCUT2D eigenvalue weighted by Gasteiger charge is 2.36. The van der Waals surface area contributed by atoms with Crippen LogP contribution in [0.2, 0.25) is 10.0 Å². The van der Waals surface area contributed by atoms with Crippen molar-refractivity contribution in [3.05, 3.63) is 33.8 Å². The van der Waals surface area contributed by atoms with E-state index in [1.165, 1.54) is 0 Å². The van der Waals surface area contributed by atoms with Crippen LogP contribution >= 0.6 is 23.2 Å². The van der Waals surface area contributed by atoms with Crippen LogP contribution in [0.1, 0.15) is 24.2 Å². The molecule has 0 radical (unpaired) electrons. The minimum absolute atomic E-state index is 0.0121. The standard InChI is InChI=1S/C14H17Cl2NO2/c1-14(2,17-6-8-19-9-7-17)13(18)10-4-3-5-11(15)12(10)16/h3-5H,6-9H2,1-2H3. The van der Waals surface area contributed by atoms with Crippen molar-refractivity contribution in [2.24, 2.45) is 0 Å². The van der Waals surface area contributed by atoms with Gasteiger partial charge < -0.3 is 4.74 Å². The first-order chi connectivity index (χ1) is 8.94. The number of carbonyl (C=O) groups excluding carboxylic acids is 1. The minimum atomic E-state index is -0.613. The Balaban J connectivity index is 2.29. The molecule has 0 bridgehead atoms. The van der Waals surface area contributed by atoms with Crippen LogP contribution in [0.25, 0.3) is 0 Å². The molecule has 1 saturated heterocycles. The molecule has 19 heavy (non-hydrogen) atoms. The van der Waals surface area contributed by atoms with Crippen molar-refractivity contribution in [3.63, 3.8) is 0 Å². The highest BCUT2D eigenvalue weighted by molar-refractivity contribution is 6.44. The molecule has 0 aromatic heterocycles. The molecule has 1 aliphatic rings. The van der Waals surface area contributed by atoms with Crippen LogP contribution in [0, 0.1) is 0 Å². The summed E-state index contributed by atoms with van der Waals surface area (Å²) in [5.41, 5.74) is -0.136. The molecule has 1 heterocycles. The molecule has 0 amide bonds. The third-order valence-electron chi connectivity index (χ3n) is 3.55. The summed E-state index contributed by atoms with van der Waals surface area (Å²) in [5, 5.41) is 0.737. The van der Waals surface area contributed by atoms with Crippen molar-refractivity contribution < 1.29 is 9.53 Å². The van der Waals surface area contributed by atoms with Gasteiger partial charge in [-0.25, -0.2) is 0 Å². The smallest absolute Gasteiger partial charge is 0.184 e. The van der Waals surface area contributed by atoms with Gasteiger partial charge in [0.05, 0.1) is 28.8 Å². The van der Waals surface area contributed by atoms with E-state index in [9.17, 15) is 4.79 Å². The predicted octanol–water partition coefficient (Wildman–Crippen LogP) is 3.29. The molecule has 104 valence electrons. The summed E-state index contributed by atoms with van der Waals surface area (Å²) in [7, 11) is 0. The predicted molar refractivity (Wildman–Crippen MR) is 77.3 cm³/mol. The third kappa shape index (κ3) is 2.95. The number of benzene rings is 1. The Labute approximate surface area is 123 Å². The van der Waals surface area contributed by atoms with Crippen molar-refractivity contribution in [3.8, 4) is 0 Å². The number of hydrogen-bond donors (Lipinski definition) is 0. The van der Waals surface area contributed by atoms with E-state index in [-0.39, 0.29) is 5.78 Å². The Bertz CT molecular complexity index is 482. The van der Waals surface area contributed by atoms with Gasteiger partial charge in [0, 0.05) is 18.7 Å². The maximum absolute atomic E-state index is 12.7. The van der Waals surface area contributed by atoms with Crippen LogP contribution in [0.3, 0.4) is 0 Å². The fourth-order valence-corrected chi connectivity index (χ4v) is 2.66. The maximum Gasteiger partial charge on any atom is 0.184 e. The van der Waals surface area contributed by atoms with Crippen LogP contribution in [0.4, 0.5) is 0 Å². The third-order valence-corrected chi connectivity index (χ3v) is 4.37. The molecule has 1 fully saturated rings. The summed E-state index contributed by atoms with van der Waals surface area (Å²) in [5.74, 6) is -0.0121. The first-order valence-electron chi connectivity index (χ1n) is 6.26. The highest BCUT2D eigenvalue weighted by atomic mass is 35.5. The van der Waals surface area contributed by atoms with Gasteiger partial charge in [-0.05, 0) is 26.0 Å². The van der Waals surface area contributed by atoms with Gasteiger partial charge in [0.25, 0.3) is 0 Å². The van der Waals surface area contributed by atoms with Crippen LogP contribution in [-0.2, 0) is 4.74 Å². The quantitative estimate of drug-likeness (QED) is 0.803. The second-order valence-corrected chi connectivity index (χ2v) is 5.87. The number of ether oxygens (including phenoxy) is 1. The highest BCUT2D eigenvalue weighted by Crippen LogP contribution is 2.30. The van der Waals surface area contributed by atoms with Gasteiger partial charge in [-0.1, -0.05) is 29.3 Å². The number of Topliss-reactive ketones (excluding diaryl/α,β-unsaturated/α-hetero) is 1. The summed E-state index contributed by atoms with van der Waals surface area (Å²) in [6.45, 7) is 6.63. The van der Waals surface area contributed by atoms with Crippen molar-refractivity contribution in [1.29, 1.82) is 0 Å². The van der Waals surface area contributed by atoms with E-state index in [1.54, 1.807) is 18.2 Å². The Morgan fingerprint density at radius 1 is 1.26 bits per heavy atom. The van der Waals surface area contributed by atoms with Crippen molar-refractivity contribution in [2.45, 2.75) is 19.4 Å². The van der Waals surface area contributed by atoms with Gasteiger partial charge in [-0.2, -0.15) is 0 Å². The van der Waals surface area contributed by atoms with Gasteiger partial charge in [0.1, 0.15) is 0 Å². The molecule has 0 N–H and O–H groups in total. The Hall–Kier alpha value is -0.610. The largest absolute Gasteiger partial charge is 0.379 e. The summed E-state index contributed by atoms with van der Waals surface area (Å²) in [4.78, 5) is 14.8. The number of morpholine rings is 1. The van der Waals surface area contributed by atoms with E-state index in [0.29, 0.717) is 28.8 Å². The molecule has 1 aliphatic heterocycles. The van der Waals surface area contributed by atoms with Gasteiger partial charge in [0.15, 0.2) is 5.78 Å². The van der Waals surface area contributed by atoms with E-state index in [4.69, 9.17) is 27.9 Å². The molecule has 2 rings (SSSR count). The van der Waals surface area contributed by atoms with E-state index in [0.717, 1.165) is 13.1 Å². The average Bonchev–Trinajstić information content (AvgIpc) is 2.42. The number of hydrogen-bond acceptors (Lipinski definition) is 3. The Morgan fingerprint density at radius 3 is 2.53 bits per heavy atom. The van der Waals surface area contributed by atoms with E-state index < -0.39 is 5.54 Å². The molecule has 3 nitrogen and oxygen atoms in total. The lowest BCUT2D eigenvalue weighted by Crippen LogP contribution is -2.54. The number of rotatable bonds is 3. The molecule has 1 aromatic carbocycles. The van der Waals surface area contributed by atoms with E-state index in [1.807, 2.05) is 13.8 Å².